The van der Waals surface area contributed by atoms with Crippen molar-refractivity contribution >= 4 is 89.5 Å². The van der Waals surface area contributed by atoms with Crippen LogP contribution in [-0.4, -0.2) is 88.7 Å². The first-order chi connectivity index (χ1) is 20.9. The van der Waals surface area contributed by atoms with Gasteiger partial charge < -0.3 is 29.3 Å². The van der Waals surface area contributed by atoms with E-state index in [0.29, 0.717) is 37.3 Å². The van der Waals surface area contributed by atoms with Crippen LogP contribution in [-0.2, 0) is 13.8 Å². The van der Waals surface area contributed by atoms with Crippen LogP contribution in [0.5, 0.6) is 0 Å². The molecule has 4 saturated heterocycles. The summed E-state index contributed by atoms with van der Waals surface area (Å²) in [6.45, 7) is 0.725. The van der Waals surface area contributed by atoms with E-state index in [1.165, 1.54) is 64.7 Å². The maximum Gasteiger partial charge on any atom is 0.330 e. The molecule has 4 N–H and O–H groups in total. The van der Waals surface area contributed by atoms with Crippen molar-refractivity contribution in [3.8, 4) is 0 Å². The van der Waals surface area contributed by atoms with E-state index >= 15 is 4.39 Å². The van der Waals surface area contributed by atoms with E-state index in [1.54, 1.807) is 0 Å². The van der Waals surface area contributed by atoms with E-state index in [4.69, 9.17) is 21.7 Å². The van der Waals surface area contributed by atoms with Gasteiger partial charge in [-0.1, -0.05) is 25.7 Å². The number of halogens is 1. The van der Waals surface area contributed by atoms with Crippen LogP contribution in [0.3, 0.4) is 0 Å². The Morgan fingerprint density at radius 2 is 1.74 bits per heavy atom. The van der Waals surface area contributed by atoms with Crippen molar-refractivity contribution in [3.63, 3.8) is 0 Å². The van der Waals surface area contributed by atoms with Gasteiger partial charge in [0.1, 0.15) is 6.10 Å². The highest BCUT2D eigenvalue weighted by molar-refractivity contribution is 7.60. The average Bonchev–Trinajstić information content (AvgIpc) is 3.77. The highest BCUT2D eigenvalue weighted by atomic mass is 32.1. The molecule has 19 heteroatoms. The molecule has 11 nitrogen and oxygen atoms in total. The number of alkyl halides is 1. The summed E-state index contributed by atoms with van der Waals surface area (Å²) in [7, 11) is -0.123. The third-order valence-corrected chi connectivity index (χ3v) is 11.3. The molecule has 0 bridgehead atoms. The summed E-state index contributed by atoms with van der Waals surface area (Å²) in [5.41, 5.74) is -1.31. The molecule has 6 aliphatic rings. The van der Waals surface area contributed by atoms with Gasteiger partial charge in [0.15, 0.2) is 12.4 Å². The van der Waals surface area contributed by atoms with Gasteiger partial charge in [0.25, 0.3) is 14.1 Å². The molecule has 11 atom stereocenters. The lowest BCUT2D eigenvalue weighted by Gasteiger charge is -2.34. The Kier molecular flexibility index (Phi) is 22.9. The van der Waals surface area contributed by atoms with Crippen molar-refractivity contribution in [3.05, 3.63) is 33.1 Å². The number of aliphatic hydroxyl groups excluding tert-OH is 2. The van der Waals surface area contributed by atoms with Gasteiger partial charge in [-0.3, -0.25) is 14.3 Å². The Hall–Kier alpha value is 0.860. The minimum Gasteiger partial charge on any atom is -0.400 e. The monoisotopic (exact) mass is 807 g/mol. The topological polar surface area (TPSA) is 138 Å². The zero-order valence-corrected chi connectivity index (χ0v) is 33.6. The predicted octanol–water partition coefficient (Wildman–Crippen LogP) is 3.25. The van der Waals surface area contributed by atoms with Crippen molar-refractivity contribution < 1.29 is 29.8 Å². The lowest BCUT2D eigenvalue weighted by Crippen LogP contribution is -2.37. The van der Waals surface area contributed by atoms with Crippen LogP contribution in [0.25, 0.3) is 0 Å². The van der Waals surface area contributed by atoms with Crippen molar-refractivity contribution in [2.45, 2.75) is 120 Å². The molecule has 7 rings (SSSR count). The Labute approximate surface area is 323 Å². The fourth-order valence-corrected chi connectivity index (χ4v) is 9.62. The minimum atomic E-state index is -1.65. The summed E-state index contributed by atoms with van der Waals surface area (Å²) in [6, 6.07) is 3.03. The molecule has 0 amide bonds. The van der Waals surface area contributed by atoms with E-state index < -0.39 is 44.4 Å². The first-order valence-electron chi connectivity index (χ1n) is 16.1. The highest BCUT2D eigenvalue weighted by Crippen LogP contribution is 2.60. The Bertz CT molecular complexity index is 1170. The quantitative estimate of drug-likeness (QED) is 0.338. The number of H-pyrrole nitrogens is 1. The highest BCUT2D eigenvalue weighted by Gasteiger charge is 2.54. The van der Waals surface area contributed by atoms with Crippen molar-refractivity contribution in [1.82, 2.24) is 19.5 Å². The van der Waals surface area contributed by atoms with Crippen molar-refractivity contribution in [2.75, 3.05) is 20.3 Å². The zero-order valence-electron chi connectivity index (χ0n) is 28.7. The van der Waals surface area contributed by atoms with Crippen LogP contribution in [0.15, 0.2) is 21.9 Å². The van der Waals surface area contributed by atoms with Crippen LogP contribution in [0.2, 0.25) is 0 Å². The molecule has 6 fully saturated rings. The van der Waals surface area contributed by atoms with Gasteiger partial charge in [-0.05, 0) is 57.3 Å². The van der Waals surface area contributed by atoms with Crippen molar-refractivity contribution in [2.24, 2.45) is 11.8 Å². The zero-order chi connectivity index (χ0) is 30.5. The first-order valence-corrected chi connectivity index (χ1v) is 16.2. The smallest absolute Gasteiger partial charge is 0.330 e. The number of hydrogen-bond donors (Lipinski definition) is 4. The SMILES string of the molecule is OC[C@@H]1C[C@@H]2CCCC[C@@H]2N1.S.S.S.S.S.S.[2H]CC1OC(n2ccc(=O)[nH]c2=O)C(F)C1O[P@@]1OC[C@@H]2C[C@@H]3CCCC[C@@H]3N21.[3H]OC. The summed E-state index contributed by atoms with van der Waals surface area (Å²) in [4.78, 5) is 25.5. The Morgan fingerprint density at radius 1 is 1.09 bits per heavy atom. The van der Waals surface area contributed by atoms with Crippen LogP contribution in [0.4, 0.5) is 4.39 Å². The van der Waals surface area contributed by atoms with Crippen LogP contribution in [0, 0.1) is 11.8 Å². The lowest BCUT2D eigenvalue weighted by atomic mass is 9.85. The molecule has 0 aromatic carbocycles. The minimum absolute atomic E-state index is 0. The number of nitrogens with zero attached hydrogens (tertiary/aromatic N) is 2. The average molecular weight is 808 g/mol. The number of rotatable bonds is 4. The first kappa shape index (κ1) is 45.9. The fourth-order valence-electron chi connectivity index (χ4n) is 7.59. The largest absolute Gasteiger partial charge is 0.400 e. The van der Waals surface area contributed by atoms with Crippen LogP contribution < -0.4 is 16.6 Å². The number of aliphatic hydroxyl groups is 2. The predicted molar refractivity (Wildman–Crippen MR) is 214 cm³/mol. The molecule has 4 aliphatic heterocycles. The van der Waals surface area contributed by atoms with E-state index in [2.05, 4.69) is 20.1 Å². The molecular formula is C28H58FN4O7PS6. The van der Waals surface area contributed by atoms with E-state index in [9.17, 15) is 9.59 Å². The van der Waals surface area contributed by atoms with E-state index in [0.717, 1.165) is 35.4 Å². The second-order valence-electron chi connectivity index (χ2n) is 11.9. The van der Waals surface area contributed by atoms with Gasteiger partial charge in [-0.25, -0.2) is 13.9 Å². The van der Waals surface area contributed by atoms with Crippen LogP contribution in [0.1, 0.15) is 78.7 Å². The number of fused-ring (bicyclic) bond motifs is 4. The second-order valence-corrected chi connectivity index (χ2v) is 13.4. The summed E-state index contributed by atoms with van der Waals surface area (Å²) < 4.78 is 49.8. The third-order valence-electron chi connectivity index (χ3n) is 9.49. The third kappa shape index (κ3) is 11.4. The lowest BCUT2D eigenvalue weighted by molar-refractivity contribution is -0.0177. The van der Waals surface area contributed by atoms with Gasteiger partial charge in [-0.15, -0.1) is 0 Å². The second kappa shape index (κ2) is 23.4. The number of ether oxygens (including phenoxy) is 1. The molecule has 1 aromatic rings. The molecular weight excluding hydrogens is 747 g/mol. The fraction of sp³-hybridized carbons (Fsp3) is 0.857. The Morgan fingerprint density at radius 3 is 2.38 bits per heavy atom. The number of aromatic nitrogens is 2. The Balaban J connectivity index is 0. The molecule has 0 radical (unpaired) electrons. The van der Waals surface area contributed by atoms with Gasteiger partial charge in [0, 0.05) is 44.9 Å². The molecule has 4 unspecified atom stereocenters. The summed E-state index contributed by atoms with van der Waals surface area (Å²) in [5.74, 6) is 1.53. The van der Waals surface area contributed by atoms with Gasteiger partial charge in [-0.2, -0.15) is 81.0 Å². The molecule has 0 spiro atoms. The van der Waals surface area contributed by atoms with E-state index in [1.807, 2.05) is 0 Å². The maximum atomic E-state index is 15.3. The normalized spacial score (nSPS) is 36.7. The molecule has 2 saturated carbocycles. The van der Waals surface area contributed by atoms with Gasteiger partial charge >= 0.3 is 5.69 Å². The molecule has 2 aliphatic carbocycles. The van der Waals surface area contributed by atoms with Gasteiger partial charge in [0.2, 0.25) is 1.43 Å². The van der Waals surface area contributed by atoms with E-state index in [-0.39, 0.29) is 87.9 Å². The summed E-state index contributed by atoms with van der Waals surface area (Å²) in [5, 5.41) is 15.9. The summed E-state index contributed by atoms with van der Waals surface area (Å²) >= 11 is 0. The number of hydrogen-bond acceptors (Lipinski definition) is 9. The summed E-state index contributed by atoms with van der Waals surface area (Å²) in [6.07, 6.45) is 9.12. The standard InChI is InChI=1S/C18H25FN3O5P.C9H17NO.CH4O.6H2S/c1-10-16(15(19)17(26-10)21-7-6-14(23)20-18(21)24)27-28-22-12(9-25-28)8-11-4-2-3-5-13(11)22;11-6-8-5-7-3-1-2-4-9(7)10-8;1-2;;;;;;/h6-7,10-13,15-17H,2-5,8-9H2,1H3,(H,20,23,24);7-11H,1-6H2;2H,1H3;6*1H2/t10?,11-,12-,13-,15?,16?,17?,28+;7-,8-,9-;;;;;;;/m00......./s1/i1D;;2T;;;;;;. The molecule has 1 aromatic heterocycles. The number of nitrogens with one attached hydrogen (secondary N) is 2. The molecule has 47 heavy (non-hydrogen) atoms. The van der Waals surface area contributed by atoms with Gasteiger partial charge in [0.05, 0.1) is 19.3 Å². The number of aromatic amines is 1. The maximum absolute atomic E-state index is 15.3. The van der Waals surface area contributed by atoms with Crippen LogP contribution >= 0.6 is 89.5 Å². The molecule has 280 valence electrons. The van der Waals surface area contributed by atoms with Crippen molar-refractivity contribution in [1.29, 1.82) is 1.43 Å². The molecule has 5 heterocycles.